The number of carbonyl (C=O) groups excluding carboxylic acids is 1. The van der Waals surface area contributed by atoms with Crippen LogP contribution in [0.15, 0.2) is 22.7 Å². The molecule has 0 saturated heterocycles. The van der Waals surface area contributed by atoms with Crippen LogP contribution >= 0.6 is 27.5 Å². The molecule has 0 saturated carbocycles. The van der Waals surface area contributed by atoms with Gasteiger partial charge in [-0.1, -0.05) is 11.6 Å². The molecule has 2 aromatic rings. The zero-order chi connectivity index (χ0) is 18.4. The second kappa shape index (κ2) is 6.59. The number of nitrogens with one attached hydrogen (secondary N) is 2. The predicted molar refractivity (Wildman–Crippen MR) is 104 cm³/mol. The van der Waals surface area contributed by atoms with Gasteiger partial charge in [0.15, 0.2) is 0 Å². The van der Waals surface area contributed by atoms with Gasteiger partial charge in [0.1, 0.15) is 0 Å². The third kappa shape index (κ3) is 3.08. The minimum Gasteiger partial charge on any atom is -0.481 e. The van der Waals surface area contributed by atoms with Crippen molar-refractivity contribution in [1.29, 1.82) is 0 Å². The molecule has 0 radical (unpaired) electrons. The summed E-state index contributed by atoms with van der Waals surface area (Å²) in [5.74, 6) is -0.946. The van der Waals surface area contributed by atoms with Gasteiger partial charge in [0, 0.05) is 26.4 Å². The molecule has 1 aromatic heterocycles. The Balaban J connectivity index is 1.74. The first-order valence-electron chi connectivity index (χ1n) is 8.38. The monoisotopic (exact) mass is 434 g/mol. The van der Waals surface area contributed by atoms with E-state index in [2.05, 4.69) is 26.2 Å². The number of fused-ring (bicyclic) bond motifs is 2. The van der Waals surface area contributed by atoms with E-state index < -0.39 is 5.97 Å². The number of aromatic nitrogens is 1. The average molecular weight is 436 g/mol. The van der Waals surface area contributed by atoms with Gasteiger partial charge in [0.05, 0.1) is 17.7 Å². The Kier molecular flexibility index (Phi) is 4.40. The lowest BCUT2D eigenvalue weighted by molar-refractivity contribution is -0.137. The van der Waals surface area contributed by atoms with Crippen molar-refractivity contribution in [3.63, 3.8) is 0 Å². The van der Waals surface area contributed by atoms with E-state index in [1.165, 1.54) is 0 Å². The highest BCUT2D eigenvalue weighted by molar-refractivity contribution is 9.10. The molecule has 1 amide bonds. The summed E-state index contributed by atoms with van der Waals surface area (Å²) in [6.07, 6.45) is 4.67. The Morgan fingerprint density at radius 2 is 2.19 bits per heavy atom. The van der Waals surface area contributed by atoms with Crippen LogP contribution in [0.2, 0.25) is 5.02 Å². The van der Waals surface area contributed by atoms with Crippen LogP contribution in [0.25, 0.3) is 11.6 Å². The van der Waals surface area contributed by atoms with Gasteiger partial charge in [0.2, 0.25) is 0 Å². The lowest BCUT2D eigenvalue weighted by Gasteiger charge is -2.20. The molecule has 3 N–H and O–H groups in total. The summed E-state index contributed by atoms with van der Waals surface area (Å²) < 4.78 is 0.740. The molecule has 5 nitrogen and oxygen atoms in total. The van der Waals surface area contributed by atoms with Gasteiger partial charge in [-0.05, 0) is 70.9 Å². The van der Waals surface area contributed by atoms with Gasteiger partial charge in [-0.2, -0.15) is 0 Å². The summed E-state index contributed by atoms with van der Waals surface area (Å²) in [4.78, 5) is 26.9. The van der Waals surface area contributed by atoms with Gasteiger partial charge in [-0.3, -0.25) is 9.59 Å². The summed E-state index contributed by atoms with van der Waals surface area (Å²) in [5, 5.41) is 12.5. The van der Waals surface area contributed by atoms with Gasteiger partial charge >= 0.3 is 5.97 Å². The fraction of sp³-hybridized carbons (Fsp3) is 0.263. The van der Waals surface area contributed by atoms with Crippen molar-refractivity contribution in [3.8, 4) is 0 Å². The first kappa shape index (κ1) is 17.4. The SMILES string of the molecule is O=C(O)CC1CCCc2[nH]c(C=C3C(=O)Nc4c(Br)cc(Cl)cc43)cc21. The number of carboxylic acid groups (broad SMARTS) is 1. The van der Waals surface area contributed by atoms with Crippen LogP contribution in [0, 0.1) is 0 Å². The van der Waals surface area contributed by atoms with Crippen molar-refractivity contribution < 1.29 is 14.7 Å². The average Bonchev–Trinajstić information content (AvgIpc) is 3.10. The Bertz CT molecular complexity index is 964. The molecule has 0 fully saturated rings. The van der Waals surface area contributed by atoms with Crippen molar-refractivity contribution in [2.75, 3.05) is 5.32 Å². The molecule has 1 unspecified atom stereocenters. The minimum atomic E-state index is -0.785. The molecule has 1 aliphatic heterocycles. The first-order valence-corrected chi connectivity index (χ1v) is 9.55. The van der Waals surface area contributed by atoms with E-state index in [4.69, 9.17) is 16.7 Å². The minimum absolute atomic E-state index is 0.0212. The Morgan fingerprint density at radius 3 is 2.96 bits per heavy atom. The van der Waals surface area contributed by atoms with Crippen LogP contribution in [0.1, 0.15) is 47.7 Å². The number of hydrogen-bond acceptors (Lipinski definition) is 2. The van der Waals surface area contributed by atoms with Gasteiger partial charge < -0.3 is 15.4 Å². The number of H-pyrrole nitrogens is 1. The summed E-state index contributed by atoms with van der Waals surface area (Å²) >= 11 is 9.56. The second-order valence-electron chi connectivity index (χ2n) is 6.67. The normalized spacial score (nSPS) is 20.0. The summed E-state index contributed by atoms with van der Waals surface area (Å²) in [7, 11) is 0. The lowest BCUT2D eigenvalue weighted by atomic mass is 9.85. The van der Waals surface area contributed by atoms with E-state index >= 15 is 0 Å². The molecule has 26 heavy (non-hydrogen) atoms. The maximum atomic E-state index is 12.4. The highest BCUT2D eigenvalue weighted by atomic mass is 79.9. The van der Waals surface area contributed by atoms with E-state index in [9.17, 15) is 9.59 Å². The smallest absolute Gasteiger partial charge is 0.303 e. The Morgan fingerprint density at radius 1 is 1.38 bits per heavy atom. The summed E-state index contributed by atoms with van der Waals surface area (Å²) in [5.41, 5.74) is 4.93. The van der Waals surface area contributed by atoms with Gasteiger partial charge in [0.25, 0.3) is 5.91 Å². The molecule has 134 valence electrons. The number of carbonyl (C=O) groups is 2. The van der Waals surface area contributed by atoms with E-state index in [-0.39, 0.29) is 18.2 Å². The molecular formula is C19H16BrClN2O3. The predicted octanol–water partition coefficient (Wildman–Crippen LogP) is 4.82. The summed E-state index contributed by atoms with van der Waals surface area (Å²) in [6, 6.07) is 5.48. The highest BCUT2D eigenvalue weighted by Crippen LogP contribution is 2.41. The number of benzene rings is 1. The number of rotatable bonds is 3. The molecule has 1 aliphatic carbocycles. The third-order valence-electron chi connectivity index (χ3n) is 4.92. The number of aromatic amines is 1. The van der Waals surface area contributed by atoms with Crippen LogP contribution in [0.3, 0.4) is 0 Å². The third-order valence-corrected chi connectivity index (χ3v) is 5.77. The topological polar surface area (TPSA) is 82.2 Å². The van der Waals surface area contributed by atoms with E-state index in [1.807, 2.05) is 6.07 Å². The van der Waals surface area contributed by atoms with E-state index in [0.29, 0.717) is 16.3 Å². The molecule has 1 atom stereocenters. The van der Waals surface area contributed by atoms with Crippen molar-refractivity contribution in [2.24, 2.45) is 0 Å². The maximum Gasteiger partial charge on any atom is 0.303 e. The number of amides is 1. The van der Waals surface area contributed by atoms with E-state index in [1.54, 1.807) is 18.2 Å². The maximum absolute atomic E-state index is 12.4. The standard InChI is InChI=1S/C19H16BrClN2O3/c20-15-6-10(21)5-13-14(19(26)23-18(13)15)8-11-7-12-9(4-17(24)25)2-1-3-16(12)22-11/h5-9,22H,1-4H2,(H,23,26)(H,24,25). The van der Waals surface area contributed by atoms with Gasteiger partial charge in [-0.25, -0.2) is 0 Å². The number of aliphatic carboxylic acids is 1. The van der Waals surface area contributed by atoms with Crippen LogP contribution in [-0.4, -0.2) is 22.0 Å². The van der Waals surface area contributed by atoms with Crippen molar-refractivity contribution in [2.45, 2.75) is 31.6 Å². The first-order chi connectivity index (χ1) is 12.4. The number of carboxylic acids is 1. The molecular weight excluding hydrogens is 420 g/mol. The van der Waals surface area contributed by atoms with Crippen LogP contribution in [0.5, 0.6) is 0 Å². The Labute approximate surface area is 163 Å². The van der Waals surface area contributed by atoms with Crippen LogP contribution < -0.4 is 5.32 Å². The van der Waals surface area contributed by atoms with E-state index in [0.717, 1.165) is 46.2 Å². The van der Waals surface area contributed by atoms with Crippen molar-refractivity contribution >= 4 is 56.7 Å². The zero-order valence-electron chi connectivity index (χ0n) is 13.7. The van der Waals surface area contributed by atoms with Crippen LogP contribution in [0.4, 0.5) is 5.69 Å². The number of anilines is 1. The Hall–Kier alpha value is -2.05. The van der Waals surface area contributed by atoms with Crippen molar-refractivity contribution in [3.05, 3.63) is 50.2 Å². The van der Waals surface area contributed by atoms with Crippen LogP contribution in [-0.2, 0) is 16.0 Å². The molecule has 4 rings (SSSR count). The molecule has 1 aromatic carbocycles. The molecule has 2 aliphatic rings. The molecule has 2 heterocycles. The quantitative estimate of drug-likeness (QED) is 0.605. The summed E-state index contributed by atoms with van der Waals surface area (Å²) in [6.45, 7) is 0. The fourth-order valence-corrected chi connectivity index (χ4v) is 4.71. The molecule has 7 heteroatoms. The molecule has 0 spiro atoms. The zero-order valence-corrected chi connectivity index (χ0v) is 16.1. The number of aryl methyl sites for hydroxylation is 1. The number of hydrogen-bond donors (Lipinski definition) is 3. The highest BCUT2D eigenvalue weighted by Gasteiger charge is 2.28. The fourth-order valence-electron chi connectivity index (χ4n) is 3.80. The van der Waals surface area contributed by atoms with Gasteiger partial charge in [-0.15, -0.1) is 0 Å². The lowest BCUT2D eigenvalue weighted by Crippen LogP contribution is -2.12. The second-order valence-corrected chi connectivity index (χ2v) is 7.96. The number of halogens is 2. The molecule has 0 bridgehead atoms. The largest absolute Gasteiger partial charge is 0.481 e. The van der Waals surface area contributed by atoms with Crippen molar-refractivity contribution in [1.82, 2.24) is 4.98 Å².